The van der Waals surface area contributed by atoms with E-state index >= 15 is 0 Å². The lowest BCUT2D eigenvalue weighted by Gasteiger charge is -2.37. The van der Waals surface area contributed by atoms with Gasteiger partial charge >= 0.3 is 0 Å². The van der Waals surface area contributed by atoms with Gasteiger partial charge in [0.2, 0.25) is 11.8 Å². The molecule has 1 aromatic rings. The molecule has 7 nitrogen and oxygen atoms in total. The number of primary amides is 1. The van der Waals surface area contributed by atoms with E-state index in [1.807, 2.05) is 17.2 Å². The van der Waals surface area contributed by atoms with Crippen molar-refractivity contribution in [3.63, 3.8) is 0 Å². The topological polar surface area (TPSA) is 92.4 Å². The Hall–Kier alpha value is -2.18. The molecule has 1 unspecified atom stereocenters. The molecule has 2 N–H and O–H groups in total. The second kappa shape index (κ2) is 6.61. The Morgan fingerprint density at radius 1 is 1.20 bits per heavy atom. The van der Waals surface area contributed by atoms with Crippen molar-refractivity contribution in [3.8, 4) is 0 Å². The maximum atomic E-state index is 12.2. The molecule has 25 heavy (non-hydrogen) atoms. The van der Waals surface area contributed by atoms with Gasteiger partial charge < -0.3 is 15.5 Å². The van der Waals surface area contributed by atoms with E-state index < -0.39 is 0 Å². The zero-order valence-corrected chi connectivity index (χ0v) is 14.4. The van der Waals surface area contributed by atoms with E-state index in [0.29, 0.717) is 12.5 Å². The summed E-state index contributed by atoms with van der Waals surface area (Å²) in [4.78, 5) is 36.9. The van der Waals surface area contributed by atoms with Crippen LogP contribution in [0.5, 0.6) is 0 Å². The van der Waals surface area contributed by atoms with Crippen molar-refractivity contribution in [1.29, 1.82) is 0 Å². The average Bonchev–Trinajstić information content (AvgIpc) is 2.96. The molecule has 7 heteroatoms. The van der Waals surface area contributed by atoms with E-state index in [-0.39, 0.29) is 30.2 Å². The van der Waals surface area contributed by atoms with E-state index in [1.165, 1.54) is 19.3 Å². The highest BCUT2D eigenvalue weighted by Gasteiger charge is 2.38. The van der Waals surface area contributed by atoms with Crippen molar-refractivity contribution in [3.05, 3.63) is 18.1 Å². The lowest BCUT2D eigenvalue weighted by molar-refractivity contribution is -0.130. The van der Waals surface area contributed by atoms with Gasteiger partial charge in [0.1, 0.15) is 11.6 Å². The van der Waals surface area contributed by atoms with E-state index in [9.17, 15) is 9.59 Å². The minimum atomic E-state index is -0.363. The van der Waals surface area contributed by atoms with Crippen molar-refractivity contribution in [2.24, 2.45) is 11.7 Å². The Balaban J connectivity index is 1.37. The van der Waals surface area contributed by atoms with Gasteiger partial charge in [0.15, 0.2) is 0 Å². The summed E-state index contributed by atoms with van der Waals surface area (Å²) in [5, 5.41) is 0. The van der Waals surface area contributed by atoms with Gasteiger partial charge in [0, 0.05) is 44.2 Å². The first-order valence-electron chi connectivity index (χ1n) is 9.28. The molecule has 1 aliphatic carbocycles. The molecule has 0 radical (unpaired) electrons. The predicted octanol–water partition coefficient (Wildman–Crippen LogP) is 1.05. The Morgan fingerprint density at radius 2 is 1.96 bits per heavy atom. The summed E-state index contributed by atoms with van der Waals surface area (Å²) in [6.07, 6.45) is 7.61. The summed E-state index contributed by atoms with van der Waals surface area (Å²) in [7, 11) is 0. The summed E-state index contributed by atoms with van der Waals surface area (Å²) in [5.74, 6) is 1.89. The molecule has 2 amide bonds. The first-order chi connectivity index (χ1) is 12.1. The number of carbonyl (C=O) groups is 2. The monoisotopic (exact) mass is 343 g/mol. The van der Waals surface area contributed by atoms with E-state index in [4.69, 9.17) is 10.7 Å². The number of rotatable bonds is 4. The van der Waals surface area contributed by atoms with Gasteiger partial charge in [-0.25, -0.2) is 9.97 Å². The smallest absolute Gasteiger partial charge is 0.223 e. The highest BCUT2D eigenvalue weighted by molar-refractivity contribution is 5.88. The van der Waals surface area contributed by atoms with Gasteiger partial charge in [-0.2, -0.15) is 0 Å². The minimum absolute atomic E-state index is 0.0663. The molecule has 2 saturated heterocycles. The van der Waals surface area contributed by atoms with Crippen LogP contribution in [-0.4, -0.2) is 52.4 Å². The van der Waals surface area contributed by atoms with E-state index in [0.717, 1.165) is 37.6 Å². The van der Waals surface area contributed by atoms with Crippen LogP contribution < -0.4 is 10.6 Å². The van der Waals surface area contributed by atoms with Gasteiger partial charge in [0.05, 0.1) is 5.92 Å². The molecule has 134 valence electrons. The van der Waals surface area contributed by atoms with Crippen LogP contribution in [0.3, 0.4) is 0 Å². The maximum Gasteiger partial charge on any atom is 0.223 e. The van der Waals surface area contributed by atoms with Crippen molar-refractivity contribution >= 4 is 17.6 Å². The second-order valence-electron chi connectivity index (χ2n) is 7.47. The average molecular weight is 343 g/mol. The minimum Gasteiger partial charge on any atom is -0.369 e. The largest absolute Gasteiger partial charge is 0.369 e. The van der Waals surface area contributed by atoms with Crippen LogP contribution in [0.25, 0.3) is 0 Å². The van der Waals surface area contributed by atoms with Crippen LogP contribution in [-0.2, 0) is 9.59 Å². The molecule has 0 aromatic carbocycles. The molecule has 3 heterocycles. The Morgan fingerprint density at radius 3 is 2.56 bits per heavy atom. The highest BCUT2D eigenvalue weighted by Crippen LogP contribution is 2.35. The van der Waals surface area contributed by atoms with Crippen molar-refractivity contribution < 1.29 is 9.59 Å². The first-order valence-corrected chi connectivity index (χ1v) is 9.28. The van der Waals surface area contributed by atoms with Crippen LogP contribution in [0.15, 0.2) is 12.3 Å². The van der Waals surface area contributed by atoms with Crippen LogP contribution >= 0.6 is 0 Å². The zero-order valence-electron chi connectivity index (χ0n) is 14.4. The zero-order chi connectivity index (χ0) is 17.4. The molecule has 4 rings (SSSR count). The van der Waals surface area contributed by atoms with E-state index in [1.54, 1.807) is 0 Å². The third-order valence-electron chi connectivity index (χ3n) is 5.92. The standard InChI is InChI=1S/C18H25N5O2/c19-17(25)13-10-16(24)23(11-13)14-5-8-22(9-6-14)15-4-7-20-18(21-15)12-2-1-3-12/h4,7,12-14H,1-3,5-6,8-11H2,(H2,19,25). The normalized spacial score (nSPS) is 25.3. The number of anilines is 1. The third kappa shape index (κ3) is 3.19. The molecule has 2 aliphatic heterocycles. The van der Waals surface area contributed by atoms with E-state index in [2.05, 4.69) is 9.88 Å². The predicted molar refractivity (Wildman–Crippen MR) is 92.9 cm³/mol. The van der Waals surface area contributed by atoms with Gasteiger partial charge in [-0.1, -0.05) is 6.42 Å². The van der Waals surface area contributed by atoms with Crippen LogP contribution in [0.4, 0.5) is 5.82 Å². The van der Waals surface area contributed by atoms with Crippen LogP contribution in [0.2, 0.25) is 0 Å². The number of piperidine rings is 1. The number of nitrogens with two attached hydrogens (primary N) is 1. The molecular weight excluding hydrogens is 318 g/mol. The fraction of sp³-hybridized carbons (Fsp3) is 0.667. The van der Waals surface area contributed by atoms with Gasteiger partial charge in [-0.15, -0.1) is 0 Å². The number of likely N-dealkylation sites (tertiary alicyclic amines) is 1. The van der Waals surface area contributed by atoms with Gasteiger partial charge in [-0.05, 0) is 31.7 Å². The fourth-order valence-electron chi connectivity index (χ4n) is 4.08. The summed E-state index contributed by atoms with van der Waals surface area (Å²) < 4.78 is 0. The van der Waals surface area contributed by atoms with Crippen molar-refractivity contribution in [1.82, 2.24) is 14.9 Å². The number of nitrogens with zero attached hydrogens (tertiary/aromatic N) is 4. The number of aromatic nitrogens is 2. The summed E-state index contributed by atoms with van der Waals surface area (Å²) >= 11 is 0. The molecule has 3 fully saturated rings. The fourth-order valence-corrected chi connectivity index (χ4v) is 4.08. The quantitative estimate of drug-likeness (QED) is 0.882. The first kappa shape index (κ1) is 16.3. The lowest BCUT2D eigenvalue weighted by atomic mass is 9.85. The number of hydrogen-bond donors (Lipinski definition) is 1. The van der Waals surface area contributed by atoms with Crippen molar-refractivity contribution in [2.45, 2.75) is 50.5 Å². The Labute approximate surface area is 147 Å². The number of carbonyl (C=O) groups excluding carboxylic acids is 2. The molecule has 0 spiro atoms. The van der Waals surface area contributed by atoms with Gasteiger partial charge in [-0.3, -0.25) is 9.59 Å². The maximum absolute atomic E-state index is 12.2. The van der Waals surface area contributed by atoms with Crippen LogP contribution in [0.1, 0.15) is 50.3 Å². The number of amides is 2. The molecule has 1 atom stereocenters. The number of hydrogen-bond acceptors (Lipinski definition) is 5. The highest BCUT2D eigenvalue weighted by atomic mass is 16.2. The Bertz CT molecular complexity index is 667. The molecule has 3 aliphatic rings. The van der Waals surface area contributed by atoms with Gasteiger partial charge in [0.25, 0.3) is 0 Å². The summed E-state index contributed by atoms with van der Waals surface area (Å²) in [5.41, 5.74) is 5.36. The van der Waals surface area contributed by atoms with Crippen LogP contribution in [0, 0.1) is 5.92 Å². The SMILES string of the molecule is NC(=O)C1CC(=O)N(C2CCN(c3ccnc(C4CCC4)n3)CC2)C1. The summed E-state index contributed by atoms with van der Waals surface area (Å²) in [6, 6.07) is 2.19. The molecule has 0 bridgehead atoms. The molecule has 1 aromatic heterocycles. The van der Waals surface area contributed by atoms with Crippen molar-refractivity contribution in [2.75, 3.05) is 24.5 Å². The second-order valence-corrected chi connectivity index (χ2v) is 7.47. The molecule has 1 saturated carbocycles. The third-order valence-corrected chi connectivity index (χ3v) is 5.92. The lowest BCUT2D eigenvalue weighted by Crippen LogP contribution is -2.46. The Kier molecular flexibility index (Phi) is 4.31. The summed E-state index contributed by atoms with van der Waals surface area (Å²) in [6.45, 7) is 2.23. The molecular formula is C18H25N5O2.